The highest BCUT2D eigenvalue weighted by Crippen LogP contribution is 2.17. The monoisotopic (exact) mass is 439 g/mol. The first-order chi connectivity index (χ1) is 14.4. The average molecular weight is 440 g/mol. The van der Waals surface area contributed by atoms with Gasteiger partial charge in [-0.05, 0) is 50.3 Å². The number of thioether (sulfide) groups is 1. The van der Waals surface area contributed by atoms with Crippen LogP contribution in [0.15, 0.2) is 22.8 Å². The minimum atomic E-state index is -1.19. The molecular weight excluding hydrogens is 410 g/mol. The number of hydrogen-bond donors (Lipinski definition) is 3. The second kappa shape index (κ2) is 12.3. The van der Waals surface area contributed by atoms with Crippen molar-refractivity contribution in [2.75, 3.05) is 12.0 Å². The molecule has 166 valence electrons. The second-order valence-electron chi connectivity index (χ2n) is 7.16. The quantitative estimate of drug-likeness (QED) is 0.504. The number of imide groups is 1. The van der Waals surface area contributed by atoms with Crippen molar-refractivity contribution < 1.29 is 28.3 Å². The zero-order chi connectivity index (χ0) is 21.9. The Morgan fingerprint density at radius 2 is 1.97 bits per heavy atom. The van der Waals surface area contributed by atoms with Crippen molar-refractivity contribution in [2.45, 2.75) is 63.6 Å². The van der Waals surface area contributed by atoms with Gasteiger partial charge < -0.3 is 19.8 Å². The van der Waals surface area contributed by atoms with E-state index in [0.29, 0.717) is 12.2 Å². The molecule has 0 saturated heterocycles. The third-order valence-electron chi connectivity index (χ3n) is 4.78. The number of nitrogens with one attached hydrogen (secondary N) is 3. The highest BCUT2D eigenvalue weighted by atomic mass is 32.2. The van der Waals surface area contributed by atoms with E-state index in [0.717, 1.165) is 32.1 Å². The molecule has 0 spiro atoms. The third kappa shape index (κ3) is 7.74. The fourth-order valence-corrected chi connectivity index (χ4v) is 3.59. The molecule has 0 aromatic carbocycles. The first-order valence-corrected chi connectivity index (χ1v) is 11.4. The van der Waals surface area contributed by atoms with Crippen molar-refractivity contribution in [1.29, 1.82) is 0 Å². The molecule has 0 unspecified atom stereocenters. The lowest BCUT2D eigenvalue weighted by Gasteiger charge is -2.23. The van der Waals surface area contributed by atoms with Gasteiger partial charge in [-0.3, -0.25) is 14.9 Å². The van der Waals surface area contributed by atoms with E-state index in [2.05, 4.69) is 16.0 Å². The SMILES string of the molecule is CSCC[C@H](NC(=O)c1ccco1)C(=O)O[C@H](C)C(=O)NC(=O)NC1CCCCC1. The van der Waals surface area contributed by atoms with Gasteiger partial charge in [0.2, 0.25) is 0 Å². The summed E-state index contributed by atoms with van der Waals surface area (Å²) in [4.78, 5) is 48.9. The molecular formula is C20H29N3O6S. The minimum absolute atomic E-state index is 0.0529. The molecule has 0 aliphatic heterocycles. The van der Waals surface area contributed by atoms with Gasteiger partial charge in [0.1, 0.15) is 6.04 Å². The van der Waals surface area contributed by atoms with Crippen molar-refractivity contribution in [2.24, 2.45) is 0 Å². The molecule has 1 aromatic rings. The Labute approximate surface area is 180 Å². The molecule has 3 N–H and O–H groups in total. The van der Waals surface area contributed by atoms with Crippen LogP contribution < -0.4 is 16.0 Å². The molecule has 1 aliphatic rings. The van der Waals surface area contributed by atoms with Gasteiger partial charge in [-0.15, -0.1) is 0 Å². The summed E-state index contributed by atoms with van der Waals surface area (Å²) < 4.78 is 10.2. The predicted molar refractivity (Wildman–Crippen MR) is 112 cm³/mol. The van der Waals surface area contributed by atoms with Crippen LogP contribution in [0.3, 0.4) is 0 Å². The largest absolute Gasteiger partial charge is 0.459 e. The van der Waals surface area contributed by atoms with Crippen molar-refractivity contribution in [3.05, 3.63) is 24.2 Å². The highest BCUT2D eigenvalue weighted by Gasteiger charge is 2.28. The lowest BCUT2D eigenvalue weighted by atomic mass is 9.96. The van der Waals surface area contributed by atoms with Crippen molar-refractivity contribution in [3.8, 4) is 0 Å². The van der Waals surface area contributed by atoms with Crippen LogP contribution in [0.5, 0.6) is 0 Å². The van der Waals surface area contributed by atoms with Crippen LogP contribution in [0.1, 0.15) is 56.0 Å². The van der Waals surface area contributed by atoms with E-state index in [4.69, 9.17) is 9.15 Å². The van der Waals surface area contributed by atoms with Crippen molar-refractivity contribution >= 4 is 35.6 Å². The van der Waals surface area contributed by atoms with E-state index in [1.54, 1.807) is 6.07 Å². The lowest BCUT2D eigenvalue weighted by Crippen LogP contribution is -2.49. The number of amides is 4. The number of carbonyl (C=O) groups excluding carboxylic acids is 4. The van der Waals surface area contributed by atoms with E-state index in [1.807, 2.05) is 6.26 Å². The number of carbonyl (C=O) groups is 4. The van der Waals surface area contributed by atoms with Crippen LogP contribution in [0.25, 0.3) is 0 Å². The first kappa shape index (κ1) is 23.8. The number of esters is 1. The summed E-state index contributed by atoms with van der Waals surface area (Å²) in [6, 6.07) is 1.56. The Bertz CT molecular complexity index is 718. The maximum absolute atomic E-state index is 12.5. The van der Waals surface area contributed by atoms with Gasteiger partial charge in [0.15, 0.2) is 11.9 Å². The topological polar surface area (TPSA) is 127 Å². The van der Waals surface area contributed by atoms with E-state index >= 15 is 0 Å². The number of furan rings is 1. The van der Waals surface area contributed by atoms with Gasteiger partial charge >= 0.3 is 12.0 Å². The minimum Gasteiger partial charge on any atom is -0.459 e. The summed E-state index contributed by atoms with van der Waals surface area (Å²) in [6.45, 7) is 1.38. The Morgan fingerprint density at radius 3 is 2.60 bits per heavy atom. The number of ether oxygens (including phenoxy) is 1. The number of urea groups is 1. The molecule has 1 saturated carbocycles. The summed E-state index contributed by atoms with van der Waals surface area (Å²) in [7, 11) is 0. The van der Waals surface area contributed by atoms with Gasteiger partial charge in [0, 0.05) is 6.04 Å². The van der Waals surface area contributed by atoms with Gasteiger partial charge in [-0.2, -0.15) is 11.8 Å². The summed E-state index contributed by atoms with van der Waals surface area (Å²) in [5.41, 5.74) is 0. The first-order valence-electron chi connectivity index (χ1n) is 10.1. The second-order valence-corrected chi connectivity index (χ2v) is 8.15. The molecule has 2 rings (SSSR count). The molecule has 9 nitrogen and oxygen atoms in total. The Morgan fingerprint density at radius 1 is 1.23 bits per heavy atom. The molecule has 1 fully saturated rings. The molecule has 1 aliphatic carbocycles. The standard InChI is InChI=1S/C20H29N3O6S/c1-13(17(24)23-20(27)21-14-7-4-3-5-8-14)29-19(26)15(10-12-30-2)22-18(25)16-9-6-11-28-16/h6,9,11,13-15H,3-5,7-8,10,12H2,1-2H3,(H,22,25)(H2,21,23,24,27)/t13-,15+/m1/s1. The van der Waals surface area contributed by atoms with E-state index in [1.165, 1.54) is 31.0 Å². The zero-order valence-corrected chi connectivity index (χ0v) is 18.1. The normalized spacial score (nSPS) is 16.2. The fourth-order valence-electron chi connectivity index (χ4n) is 3.11. The van der Waals surface area contributed by atoms with Crippen molar-refractivity contribution in [1.82, 2.24) is 16.0 Å². The van der Waals surface area contributed by atoms with Crippen molar-refractivity contribution in [3.63, 3.8) is 0 Å². The van der Waals surface area contributed by atoms with Crippen LogP contribution in [-0.4, -0.2) is 54.0 Å². The highest BCUT2D eigenvalue weighted by molar-refractivity contribution is 7.98. The van der Waals surface area contributed by atoms with E-state index in [9.17, 15) is 19.2 Å². The maximum Gasteiger partial charge on any atom is 0.329 e. The van der Waals surface area contributed by atoms with Crippen LogP contribution in [-0.2, 0) is 14.3 Å². The van der Waals surface area contributed by atoms with E-state index in [-0.39, 0.29) is 11.8 Å². The van der Waals surface area contributed by atoms with Crippen LogP contribution in [0.2, 0.25) is 0 Å². The third-order valence-corrected chi connectivity index (χ3v) is 5.43. The molecule has 4 amide bonds. The lowest BCUT2D eigenvalue weighted by molar-refractivity contribution is -0.156. The molecule has 0 radical (unpaired) electrons. The van der Waals surface area contributed by atoms with E-state index < -0.39 is 36.0 Å². The Hall–Kier alpha value is -2.49. The molecule has 1 aromatic heterocycles. The summed E-state index contributed by atoms with van der Waals surface area (Å²) in [6.07, 6.45) is 7.39. The predicted octanol–water partition coefficient (Wildman–Crippen LogP) is 2.22. The van der Waals surface area contributed by atoms with Gasteiger partial charge in [-0.25, -0.2) is 9.59 Å². The maximum atomic E-state index is 12.5. The van der Waals surface area contributed by atoms with Gasteiger partial charge in [0.05, 0.1) is 6.26 Å². The summed E-state index contributed by atoms with van der Waals surface area (Å²) in [5.74, 6) is -1.35. The molecule has 0 bridgehead atoms. The molecule has 2 atom stereocenters. The Kier molecular flexibility index (Phi) is 9.72. The Balaban J connectivity index is 1.85. The molecule has 10 heteroatoms. The number of hydrogen-bond acceptors (Lipinski definition) is 7. The van der Waals surface area contributed by atoms with Crippen LogP contribution in [0.4, 0.5) is 4.79 Å². The summed E-state index contributed by atoms with van der Waals surface area (Å²) >= 11 is 1.51. The zero-order valence-electron chi connectivity index (χ0n) is 17.3. The van der Waals surface area contributed by atoms with Gasteiger partial charge in [-0.1, -0.05) is 19.3 Å². The fraction of sp³-hybridized carbons (Fsp3) is 0.600. The number of rotatable bonds is 9. The van der Waals surface area contributed by atoms with Gasteiger partial charge in [0.25, 0.3) is 11.8 Å². The summed E-state index contributed by atoms with van der Waals surface area (Å²) in [5, 5.41) is 7.54. The molecule has 30 heavy (non-hydrogen) atoms. The molecule has 1 heterocycles. The average Bonchev–Trinajstić information content (AvgIpc) is 3.26. The smallest absolute Gasteiger partial charge is 0.329 e. The van der Waals surface area contributed by atoms with Crippen LogP contribution in [0, 0.1) is 0 Å². The van der Waals surface area contributed by atoms with Crippen LogP contribution >= 0.6 is 11.8 Å².